The first-order valence-electron chi connectivity index (χ1n) is 6.55. The van der Waals surface area contributed by atoms with Crippen LogP contribution in [-0.4, -0.2) is 17.9 Å². The summed E-state index contributed by atoms with van der Waals surface area (Å²) in [6.45, 7) is 1.41. The Morgan fingerprint density at radius 1 is 1.26 bits per heavy atom. The highest BCUT2D eigenvalue weighted by molar-refractivity contribution is 6.29. The summed E-state index contributed by atoms with van der Waals surface area (Å²) < 4.78 is 38.7. The number of methoxy groups -OCH3 is 1. The lowest BCUT2D eigenvalue weighted by molar-refractivity contribution is 0.100. The number of fused-ring (bicyclic) bond motifs is 1. The van der Waals surface area contributed by atoms with Crippen LogP contribution >= 0.6 is 11.6 Å². The summed E-state index contributed by atoms with van der Waals surface area (Å²) in [6.07, 6.45) is 0. The molecule has 0 spiro atoms. The van der Waals surface area contributed by atoms with Crippen LogP contribution in [-0.2, 0) is 0 Å². The van der Waals surface area contributed by atoms with E-state index in [4.69, 9.17) is 20.8 Å². The lowest BCUT2D eigenvalue weighted by Crippen LogP contribution is -2.09. The maximum atomic E-state index is 14.3. The third kappa shape index (κ3) is 2.55. The summed E-state index contributed by atoms with van der Waals surface area (Å²) in [7, 11) is 1.23. The van der Waals surface area contributed by atoms with Crippen molar-refractivity contribution in [1.29, 1.82) is 0 Å². The Bertz CT molecular complexity index is 937. The second-order valence-electron chi connectivity index (χ2n) is 4.86. The topological polar surface area (TPSA) is 52.3 Å². The minimum absolute atomic E-state index is 0.0869. The number of aryl methyl sites for hydroxylation is 1. The quantitative estimate of drug-likeness (QED) is 0.528. The molecule has 0 radical (unpaired) electrons. The van der Waals surface area contributed by atoms with Crippen LogP contribution in [0.15, 0.2) is 28.7 Å². The molecule has 3 aromatic rings. The number of hydrogen-bond donors (Lipinski definition) is 0. The molecule has 0 saturated carbocycles. The van der Waals surface area contributed by atoms with Gasteiger partial charge in [0.05, 0.1) is 7.11 Å². The molecule has 0 N–H and O–H groups in total. The molecule has 0 fully saturated rings. The average molecular weight is 338 g/mol. The number of benzene rings is 1. The number of furan rings is 1. The van der Waals surface area contributed by atoms with Gasteiger partial charge in [0.2, 0.25) is 5.78 Å². The van der Waals surface area contributed by atoms with E-state index < -0.39 is 23.0 Å². The Morgan fingerprint density at radius 2 is 2.00 bits per heavy atom. The number of pyridine rings is 1. The fourth-order valence-corrected chi connectivity index (χ4v) is 2.38. The molecule has 0 saturated heterocycles. The molecule has 0 aliphatic heterocycles. The van der Waals surface area contributed by atoms with Crippen molar-refractivity contribution in [3.8, 4) is 5.75 Å². The van der Waals surface area contributed by atoms with Crippen molar-refractivity contribution >= 4 is 28.5 Å². The molecule has 0 bridgehead atoms. The van der Waals surface area contributed by atoms with Crippen molar-refractivity contribution in [1.82, 2.24) is 4.98 Å². The highest BCUT2D eigenvalue weighted by Crippen LogP contribution is 2.29. The maximum Gasteiger partial charge on any atom is 0.234 e. The summed E-state index contributed by atoms with van der Waals surface area (Å²) in [4.78, 5) is 16.4. The van der Waals surface area contributed by atoms with Gasteiger partial charge < -0.3 is 9.15 Å². The van der Waals surface area contributed by atoms with Crippen LogP contribution < -0.4 is 4.74 Å². The fourth-order valence-electron chi connectivity index (χ4n) is 2.22. The van der Waals surface area contributed by atoms with E-state index in [1.165, 1.54) is 38.3 Å². The average Bonchev–Trinajstić information content (AvgIpc) is 2.94. The Labute approximate surface area is 134 Å². The van der Waals surface area contributed by atoms with E-state index in [9.17, 15) is 13.6 Å². The van der Waals surface area contributed by atoms with Gasteiger partial charge in [-0.2, -0.15) is 0 Å². The molecule has 0 atom stereocenters. The van der Waals surface area contributed by atoms with Crippen LogP contribution in [0.5, 0.6) is 5.75 Å². The van der Waals surface area contributed by atoms with Crippen LogP contribution in [0.2, 0.25) is 5.15 Å². The molecule has 23 heavy (non-hydrogen) atoms. The fraction of sp³-hybridized carbons (Fsp3) is 0.125. The van der Waals surface area contributed by atoms with Gasteiger partial charge in [-0.25, -0.2) is 13.8 Å². The number of ether oxygens (including phenoxy) is 1. The van der Waals surface area contributed by atoms with E-state index in [1.807, 2.05) is 0 Å². The van der Waals surface area contributed by atoms with E-state index in [2.05, 4.69) is 4.98 Å². The summed E-state index contributed by atoms with van der Waals surface area (Å²) in [6, 6.07) is 5.47. The largest absolute Gasteiger partial charge is 0.494 e. The predicted molar refractivity (Wildman–Crippen MR) is 80.1 cm³/mol. The molecule has 2 heterocycles. The lowest BCUT2D eigenvalue weighted by Gasteiger charge is -2.09. The number of hydrogen-bond acceptors (Lipinski definition) is 4. The first-order valence-corrected chi connectivity index (χ1v) is 6.93. The van der Waals surface area contributed by atoms with Gasteiger partial charge in [0.25, 0.3) is 0 Å². The van der Waals surface area contributed by atoms with Gasteiger partial charge in [0.1, 0.15) is 22.1 Å². The van der Waals surface area contributed by atoms with Gasteiger partial charge in [0.15, 0.2) is 22.9 Å². The summed E-state index contributed by atoms with van der Waals surface area (Å²) >= 11 is 5.76. The molecule has 0 unspecified atom stereocenters. The zero-order valence-corrected chi connectivity index (χ0v) is 12.9. The Balaban J connectivity index is 2.17. The number of carbonyl (C=O) groups excluding carboxylic acids is 1. The third-order valence-corrected chi connectivity index (χ3v) is 3.57. The van der Waals surface area contributed by atoms with Crippen molar-refractivity contribution in [2.24, 2.45) is 0 Å². The van der Waals surface area contributed by atoms with Gasteiger partial charge in [0, 0.05) is 6.07 Å². The minimum Gasteiger partial charge on any atom is -0.494 e. The van der Waals surface area contributed by atoms with Crippen molar-refractivity contribution in [2.45, 2.75) is 6.92 Å². The van der Waals surface area contributed by atoms with Gasteiger partial charge in [-0.15, -0.1) is 0 Å². The first-order chi connectivity index (χ1) is 10.9. The highest BCUT2D eigenvalue weighted by Gasteiger charge is 2.27. The SMILES string of the molecule is COc1cc(C)c(F)c(C(=O)c2cc3nc(Cl)ccc3o2)c1F. The minimum atomic E-state index is -1.08. The zero-order valence-electron chi connectivity index (χ0n) is 12.1. The first kappa shape index (κ1) is 15.4. The molecular weight excluding hydrogens is 328 g/mol. The molecule has 0 aliphatic rings. The van der Waals surface area contributed by atoms with E-state index in [1.54, 1.807) is 0 Å². The van der Waals surface area contributed by atoms with Crippen LogP contribution in [0.25, 0.3) is 11.1 Å². The summed E-state index contributed by atoms with van der Waals surface area (Å²) in [5.74, 6) is -3.42. The summed E-state index contributed by atoms with van der Waals surface area (Å²) in [5.41, 5.74) is -0.0321. The third-order valence-electron chi connectivity index (χ3n) is 3.36. The Kier molecular flexibility index (Phi) is 3.77. The number of nitrogens with zero attached hydrogens (tertiary/aromatic N) is 1. The van der Waals surface area contributed by atoms with Crippen LogP contribution in [0.3, 0.4) is 0 Å². The number of carbonyl (C=O) groups is 1. The second-order valence-corrected chi connectivity index (χ2v) is 5.24. The number of aromatic nitrogens is 1. The van der Waals surface area contributed by atoms with Crippen molar-refractivity contribution in [2.75, 3.05) is 7.11 Å². The molecule has 0 amide bonds. The smallest absolute Gasteiger partial charge is 0.234 e. The molecule has 1 aromatic carbocycles. The molecule has 118 valence electrons. The Morgan fingerprint density at radius 3 is 2.70 bits per heavy atom. The van der Waals surface area contributed by atoms with E-state index in [0.717, 1.165) is 0 Å². The second kappa shape index (κ2) is 5.62. The predicted octanol–water partition coefficient (Wildman–Crippen LogP) is 4.31. The van der Waals surface area contributed by atoms with Gasteiger partial charge in [-0.1, -0.05) is 11.6 Å². The maximum absolute atomic E-state index is 14.3. The normalized spacial score (nSPS) is 11.0. The molecular formula is C16H10ClF2NO3. The van der Waals surface area contributed by atoms with E-state index in [0.29, 0.717) is 5.52 Å². The van der Waals surface area contributed by atoms with Gasteiger partial charge in [-0.3, -0.25) is 4.79 Å². The van der Waals surface area contributed by atoms with Crippen LogP contribution in [0.1, 0.15) is 21.7 Å². The molecule has 3 rings (SSSR count). The molecule has 4 nitrogen and oxygen atoms in total. The number of ketones is 1. The zero-order chi connectivity index (χ0) is 16.7. The van der Waals surface area contributed by atoms with Crippen LogP contribution in [0.4, 0.5) is 8.78 Å². The van der Waals surface area contributed by atoms with E-state index >= 15 is 0 Å². The van der Waals surface area contributed by atoms with Crippen molar-refractivity contribution in [3.63, 3.8) is 0 Å². The highest BCUT2D eigenvalue weighted by atomic mass is 35.5. The van der Waals surface area contributed by atoms with Gasteiger partial charge in [-0.05, 0) is 30.7 Å². The molecule has 7 heteroatoms. The van der Waals surface area contributed by atoms with Gasteiger partial charge >= 0.3 is 0 Å². The van der Waals surface area contributed by atoms with E-state index in [-0.39, 0.29) is 27.8 Å². The van der Waals surface area contributed by atoms with Crippen LogP contribution in [0, 0.1) is 18.6 Å². The molecule has 2 aromatic heterocycles. The van der Waals surface area contributed by atoms with Crippen molar-refractivity contribution < 1.29 is 22.7 Å². The number of halogens is 3. The monoisotopic (exact) mass is 337 g/mol. The van der Waals surface area contributed by atoms with Crippen molar-refractivity contribution in [3.05, 3.63) is 57.9 Å². The summed E-state index contributed by atoms with van der Waals surface area (Å²) in [5, 5.41) is 0.215. The Hall–Kier alpha value is -2.47. The molecule has 0 aliphatic carbocycles. The number of rotatable bonds is 3. The lowest BCUT2D eigenvalue weighted by atomic mass is 10.0. The standard InChI is InChI=1S/C16H10ClF2NO3/c1-7-5-10(22-2)15(19)13(14(7)18)16(21)11-6-8-9(23-11)3-4-12(17)20-8/h3-6H,1-2H3.